The van der Waals surface area contributed by atoms with E-state index in [1.807, 2.05) is 11.6 Å². The monoisotopic (exact) mass is 167 g/mol. The van der Waals surface area contributed by atoms with Crippen LogP contribution in [0.25, 0.3) is 0 Å². The summed E-state index contributed by atoms with van der Waals surface area (Å²) in [6.07, 6.45) is 0. The number of nitrogens with zero attached hydrogens (tertiary/aromatic N) is 2. The summed E-state index contributed by atoms with van der Waals surface area (Å²) < 4.78 is 2.00. The van der Waals surface area contributed by atoms with Crippen molar-refractivity contribution >= 4 is 0 Å². The number of aromatic nitrogens is 2. The van der Waals surface area contributed by atoms with E-state index < -0.39 is 0 Å². The Morgan fingerprint density at radius 3 is 2.33 bits per heavy atom. The van der Waals surface area contributed by atoms with Gasteiger partial charge < -0.3 is 5.73 Å². The lowest BCUT2D eigenvalue weighted by molar-refractivity contribution is 0.486. The molecule has 2 N–H and O–H groups in total. The largest absolute Gasteiger partial charge is 0.328 e. The van der Waals surface area contributed by atoms with Crippen molar-refractivity contribution < 1.29 is 0 Å². The first kappa shape index (κ1) is 9.26. The third-order valence-corrected chi connectivity index (χ3v) is 2.45. The first-order chi connectivity index (χ1) is 5.57. The van der Waals surface area contributed by atoms with E-state index in [2.05, 4.69) is 25.9 Å². The summed E-state index contributed by atoms with van der Waals surface area (Å²) in [5.41, 5.74) is 9.18. The van der Waals surface area contributed by atoms with Gasteiger partial charge in [0, 0.05) is 12.2 Å². The Bertz CT molecular complexity index is 276. The first-order valence-electron chi connectivity index (χ1n) is 4.30. The van der Waals surface area contributed by atoms with Crippen LogP contribution in [-0.4, -0.2) is 16.3 Å². The summed E-state index contributed by atoms with van der Waals surface area (Å²) in [7, 11) is 0. The molecule has 1 aromatic rings. The van der Waals surface area contributed by atoms with E-state index in [9.17, 15) is 0 Å². The van der Waals surface area contributed by atoms with Gasteiger partial charge in [-0.25, -0.2) is 0 Å². The van der Waals surface area contributed by atoms with Crippen LogP contribution < -0.4 is 5.73 Å². The smallest absolute Gasteiger partial charge is 0.0625 e. The predicted molar refractivity (Wildman–Crippen MR) is 50.2 cm³/mol. The van der Waals surface area contributed by atoms with Gasteiger partial charge in [0.25, 0.3) is 0 Å². The van der Waals surface area contributed by atoms with Gasteiger partial charge in [-0.1, -0.05) is 0 Å². The maximum Gasteiger partial charge on any atom is 0.0625 e. The third kappa shape index (κ3) is 1.37. The molecule has 0 aliphatic carbocycles. The molecular weight excluding hydrogens is 150 g/mol. The Labute approximate surface area is 73.6 Å². The highest BCUT2D eigenvalue weighted by Gasteiger charge is 2.10. The molecule has 0 amide bonds. The number of nitrogens with two attached hydrogens (primary N) is 1. The van der Waals surface area contributed by atoms with E-state index in [4.69, 9.17) is 5.73 Å². The molecule has 3 heteroatoms. The Balaban J connectivity index is 3.08. The minimum atomic E-state index is 0.303. The maximum absolute atomic E-state index is 5.57. The van der Waals surface area contributed by atoms with E-state index in [1.54, 1.807) is 0 Å². The van der Waals surface area contributed by atoms with Gasteiger partial charge in [0.2, 0.25) is 0 Å². The van der Waals surface area contributed by atoms with Gasteiger partial charge in [-0.2, -0.15) is 5.10 Å². The van der Waals surface area contributed by atoms with Crippen molar-refractivity contribution in [2.24, 2.45) is 5.73 Å². The minimum Gasteiger partial charge on any atom is -0.328 e. The maximum atomic E-state index is 5.57. The van der Waals surface area contributed by atoms with E-state index in [1.165, 1.54) is 11.3 Å². The Morgan fingerprint density at radius 1 is 1.42 bits per heavy atom. The van der Waals surface area contributed by atoms with Gasteiger partial charge >= 0.3 is 0 Å². The van der Waals surface area contributed by atoms with Crippen molar-refractivity contribution in [2.45, 2.75) is 33.7 Å². The molecule has 0 fully saturated rings. The minimum absolute atomic E-state index is 0.303. The Morgan fingerprint density at radius 2 is 2.00 bits per heavy atom. The molecule has 1 aromatic heterocycles. The highest BCUT2D eigenvalue weighted by atomic mass is 15.3. The lowest BCUT2D eigenvalue weighted by Gasteiger charge is -2.11. The molecule has 0 aliphatic rings. The van der Waals surface area contributed by atoms with Crippen LogP contribution in [-0.2, 0) is 0 Å². The third-order valence-electron chi connectivity index (χ3n) is 2.45. The second-order valence-electron chi connectivity index (χ2n) is 3.33. The topological polar surface area (TPSA) is 43.8 Å². The van der Waals surface area contributed by atoms with Crippen LogP contribution in [0.3, 0.4) is 0 Å². The molecule has 1 heterocycles. The normalized spacial score (nSPS) is 13.4. The van der Waals surface area contributed by atoms with Gasteiger partial charge in [0.15, 0.2) is 0 Å². The summed E-state index contributed by atoms with van der Waals surface area (Å²) in [5, 5.41) is 4.42. The molecule has 12 heavy (non-hydrogen) atoms. The van der Waals surface area contributed by atoms with Gasteiger partial charge in [0.1, 0.15) is 0 Å². The molecule has 3 nitrogen and oxygen atoms in total. The van der Waals surface area contributed by atoms with Crippen molar-refractivity contribution in [1.82, 2.24) is 9.78 Å². The summed E-state index contributed by atoms with van der Waals surface area (Å²) in [6, 6.07) is 0.303. The summed E-state index contributed by atoms with van der Waals surface area (Å²) >= 11 is 0. The van der Waals surface area contributed by atoms with Crippen LogP contribution in [0.15, 0.2) is 0 Å². The zero-order valence-electron chi connectivity index (χ0n) is 8.26. The fourth-order valence-electron chi connectivity index (χ4n) is 1.27. The lowest BCUT2D eigenvalue weighted by Crippen LogP contribution is -2.18. The molecule has 0 radical (unpaired) electrons. The van der Waals surface area contributed by atoms with Crippen molar-refractivity contribution in [1.29, 1.82) is 0 Å². The van der Waals surface area contributed by atoms with Crippen molar-refractivity contribution in [3.8, 4) is 0 Å². The molecule has 1 atom stereocenters. The van der Waals surface area contributed by atoms with E-state index in [-0.39, 0.29) is 0 Å². The highest BCUT2D eigenvalue weighted by Crippen LogP contribution is 2.14. The summed E-state index contributed by atoms with van der Waals surface area (Å²) in [4.78, 5) is 0. The van der Waals surface area contributed by atoms with Gasteiger partial charge in [-0.05, 0) is 33.3 Å². The van der Waals surface area contributed by atoms with Crippen molar-refractivity contribution in [2.75, 3.05) is 6.54 Å². The molecule has 0 spiro atoms. The Hall–Kier alpha value is -0.830. The lowest BCUT2D eigenvalue weighted by atomic mass is 10.2. The average Bonchev–Trinajstić information content (AvgIpc) is 2.32. The van der Waals surface area contributed by atoms with Crippen molar-refractivity contribution in [3.63, 3.8) is 0 Å². The number of hydrogen-bond acceptors (Lipinski definition) is 2. The van der Waals surface area contributed by atoms with Crippen LogP contribution in [0.5, 0.6) is 0 Å². The van der Waals surface area contributed by atoms with E-state index in [0.29, 0.717) is 12.6 Å². The highest BCUT2D eigenvalue weighted by molar-refractivity contribution is 5.22. The zero-order valence-corrected chi connectivity index (χ0v) is 8.26. The zero-order chi connectivity index (χ0) is 9.30. The quantitative estimate of drug-likeness (QED) is 0.722. The van der Waals surface area contributed by atoms with Crippen LogP contribution in [0.2, 0.25) is 0 Å². The average molecular weight is 167 g/mol. The first-order valence-corrected chi connectivity index (χ1v) is 4.30. The molecule has 1 unspecified atom stereocenters. The molecule has 0 bridgehead atoms. The number of rotatable bonds is 2. The molecule has 0 saturated carbocycles. The van der Waals surface area contributed by atoms with E-state index in [0.717, 1.165) is 5.69 Å². The van der Waals surface area contributed by atoms with Crippen molar-refractivity contribution in [3.05, 3.63) is 17.0 Å². The van der Waals surface area contributed by atoms with Crippen LogP contribution in [0.4, 0.5) is 0 Å². The SMILES string of the molecule is Cc1nn(C(C)CN)c(C)c1C. The standard InChI is InChI=1S/C9H17N3/c1-6(5-10)12-9(4)7(2)8(3)11-12/h6H,5,10H2,1-4H3. The van der Waals surface area contributed by atoms with Gasteiger partial charge in [-0.3, -0.25) is 4.68 Å². The second-order valence-corrected chi connectivity index (χ2v) is 3.33. The van der Waals surface area contributed by atoms with Crippen LogP contribution >= 0.6 is 0 Å². The molecule has 68 valence electrons. The van der Waals surface area contributed by atoms with Crippen LogP contribution in [0.1, 0.15) is 29.9 Å². The fourth-order valence-corrected chi connectivity index (χ4v) is 1.27. The predicted octanol–water partition coefficient (Wildman–Crippen LogP) is 1.33. The molecule has 0 aromatic carbocycles. The molecule has 0 aliphatic heterocycles. The molecular formula is C9H17N3. The van der Waals surface area contributed by atoms with E-state index >= 15 is 0 Å². The second kappa shape index (κ2) is 3.27. The summed E-state index contributed by atoms with van der Waals surface area (Å²) in [6.45, 7) is 8.93. The molecule has 1 rings (SSSR count). The molecule has 0 saturated heterocycles. The van der Waals surface area contributed by atoms with Gasteiger partial charge in [-0.15, -0.1) is 0 Å². The van der Waals surface area contributed by atoms with Gasteiger partial charge in [0.05, 0.1) is 11.7 Å². The summed E-state index contributed by atoms with van der Waals surface area (Å²) in [5.74, 6) is 0. The Kier molecular flexibility index (Phi) is 2.52. The number of aryl methyl sites for hydroxylation is 1. The van der Waals surface area contributed by atoms with Crippen LogP contribution in [0, 0.1) is 20.8 Å². The number of hydrogen-bond donors (Lipinski definition) is 1. The fraction of sp³-hybridized carbons (Fsp3) is 0.667.